The van der Waals surface area contributed by atoms with Crippen LogP contribution in [-0.2, 0) is 11.2 Å². The highest BCUT2D eigenvalue weighted by atomic mass is 16.1. The maximum absolute atomic E-state index is 13.0. The quantitative estimate of drug-likeness (QED) is 0.274. The van der Waals surface area contributed by atoms with Crippen LogP contribution < -0.4 is 10.2 Å². The van der Waals surface area contributed by atoms with Gasteiger partial charge < -0.3 is 15.2 Å². The van der Waals surface area contributed by atoms with Crippen molar-refractivity contribution in [1.29, 1.82) is 0 Å². The predicted octanol–water partition coefficient (Wildman–Crippen LogP) is 6.39. The molecule has 1 atom stereocenters. The number of H-pyrrole nitrogens is 1. The van der Waals surface area contributed by atoms with Gasteiger partial charge in [0.1, 0.15) is 0 Å². The number of aromatic nitrogens is 1. The molecule has 0 saturated heterocycles. The third kappa shape index (κ3) is 5.18. The minimum Gasteiger partial charge on any atom is -0.378 e. The summed E-state index contributed by atoms with van der Waals surface area (Å²) in [6.45, 7) is 0.532. The fraction of sp³-hybridized carbons (Fsp3) is 0.156. The average molecular weight is 474 g/mol. The SMILES string of the molecule is CN(C)c1ccc([C@H](CNC(=O)Cc2ccc(-c3ccccc3)cc2)c2c[nH]c3ccccc23)cc1. The van der Waals surface area contributed by atoms with E-state index in [9.17, 15) is 4.79 Å². The topological polar surface area (TPSA) is 48.1 Å². The van der Waals surface area contributed by atoms with Gasteiger partial charge in [-0.1, -0.05) is 84.9 Å². The van der Waals surface area contributed by atoms with Crippen molar-refractivity contribution in [3.8, 4) is 11.1 Å². The van der Waals surface area contributed by atoms with Crippen LogP contribution in [0.25, 0.3) is 22.0 Å². The Hall–Kier alpha value is -4.31. The molecular formula is C32H31N3O. The van der Waals surface area contributed by atoms with Crippen LogP contribution in [0.2, 0.25) is 0 Å². The first kappa shape index (κ1) is 23.4. The second-order valence-corrected chi connectivity index (χ2v) is 9.37. The number of fused-ring (bicyclic) bond motifs is 1. The second-order valence-electron chi connectivity index (χ2n) is 9.37. The van der Waals surface area contributed by atoms with Gasteiger partial charge >= 0.3 is 0 Å². The monoisotopic (exact) mass is 473 g/mol. The van der Waals surface area contributed by atoms with Gasteiger partial charge in [-0.05, 0) is 46.0 Å². The second kappa shape index (κ2) is 10.5. The Kier molecular flexibility index (Phi) is 6.85. The van der Waals surface area contributed by atoms with Crippen molar-refractivity contribution < 1.29 is 4.79 Å². The number of para-hydroxylation sites is 1. The highest BCUT2D eigenvalue weighted by Gasteiger charge is 2.19. The number of anilines is 1. The van der Waals surface area contributed by atoms with Gasteiger partial charge in [0.05, 0.1) is 6.42 Å². The van der Waals surface area contributed by atoms with Crippen LogP contribution >= 0.6 is 0 Å². The van der Waals surface area contributed by atoms with Gasteiger partial charge in [-0.15, -0.1) is 0 Å². The van der Waals surface area contributed by atoms with Crippen molar-refractivity contribution in [2.45, 2.75) is 12.3 Å². The molecule has 180 valence electrons. The summed E-state index contributed by atoms with van der Waals surface area (Å²) in [5, 5.41) is 4.39. The van der Waals surface area contributed by atoms with E-state index in [1.165, 1.54) is 22.1 Å². The third-order valence-corrected chi connectivity index (χ3v) is 6.74. The Morgan fingerprint density at radius 3 is 2.19 bits per heavy atom. The molecule has 1 heterocycles. The van der Waals surface area contributed by atoms with Crippen LogP contribution in [0.1, 0.15) is 22.6 Å². The van der Waals surface area contributed by atoms with Gasteiger partial charge in [0.2, 0.25) is 5.91 Å². The number of carbonyl (C=O) groups is 1. The number of hydrogen-bond donors (Lipinski definition) is 2. The van der Waals surface area contributed by atoms with Gasteiger partial charge in [-0.3, -0.25) is 4.79 Å². The molecule has 0 bridgehead atoms. The summed E-state index contributed by atoms with van der Waals surface area (Å²) < 4.78 is 0. The molecule has 1 aromatic heterocycles. The lowest BCUT2D eigenvalue weighted by atomic mass is 9.90. The minimum absolute atomic E-state index is 0.0252. The largest absolute Gasteiger partial charge is 0.378 e. The first-order valence-electron chi connectivity index (χ1n) is 12.3. The Balaban J connectivity index is 1.32. The first-order valence-corrected chi connectivity index (χ1v) is 12.3. The maximum Gasteiger partial charge on any atom is 0.224 e. The zero-order valence-corrected chi connectivity index (χ0v) is 20.7. The molecule has 36 heavy (non-hydrogen) atoms. The summed E-state index contributed by atoms with van der Waals surface area (Å²) in [5.41, 5.74) is 7.96. The van der Waals surface area contributed by atoms with Crippen molar-refractivity contribution in [2.24, 2.45) is 0 Å². The molecule has 1 amide bonds. The lowest BCUT2D eigenvalue weighted by Gasteiger charge is -2.20. The van der Waals surface area contributed by atoms with Gasteiger partial charge in [0.15, 0.2) is 0 Å². The summed E-state index contributed by atoms with van der Waals surface area (Å²) in [4.78, 5) is 18.4. The van der Waals surface area contributed by atoms with E-state index < -0.39 is 0 Å². The number of nitrogens with zero attached hydrogens (tertiary/aromatic N) is 1. The van der Waals surface area contributed by atoms with Gasteiger partial charge in [-0.2, -0.15) is 0 Å². The van der Waals surface area contributed by atoms with Crippen LogP contribution in [-0.4, -0.2) is 31.5 Å². The predicted molar refractivity (Wildman–Crippen MR) is 150 cm³/mol. The molecule has 0 saturated carbocycles. The highest BCUT2D eigenvalue weighted by Crippen LogP contribution is 2.31. The van der Waals surface area contributed by atoms with E-state index in [0.717, 1.165) is 22.3 Å². The van der Waals surface area contributed by atoms with Gasteiger partial charge in [0, 0.05) is 49.3 Å². The van der Waals surface area contributed by atoms with E-state index in [1.807, 2.05) is 50.5 Å². The molecular weight excluding hydrogens is 442 g/mol. The van der Waals surface area contributed by atoms with E-state index >= 15 is 0 Å². The summed E-state index contributed by atoms with van der Waals surface area (Å²) in [6, 6.07) is 35.4. The van der Waals surface area contributed by atoms with Crippen molar-refractivity contribution in [1.82, 2.24) is 10.3 Å². The van der Waals surface area contributed by atoms with Crippen molar-refractivity contribution in [3.63, 3.8) is 0 Å². The minimum atomic E-state index is 0.0252. The number of benzene rings is 4. The summed E-state index contributed by atoms with van der Waals surface area (Å²) in [6.07, 6.45) is 2.43. The molecule has 0 aliphatic heterocycles. The third-order valence-electron chi connectivity index (χ3n) is 6.74. The summed E-state index contributed by atoms with van der Waals surface area (Å²) in [5.74, 6) is 0.0685. The lowest BCUT2D eigenvalue weighted by Crippen LogP contribution is -2.30. The van der Waals surface area contributed by atoms with E-state index in [0.29, 0.717) is 13.0 Å². The first-order chi connectivity index (χ1) is 17.6. The number of hydrogen-bond acceptors (Lipinski definition) is 2. The molecule has 0 radical (unpaired) electrons. The van der Waals surface area contributed by atoms with Crippen LogP contribution in [0.15, 0.2) is 109 Å². The number of nitrogens with one attached hydrogen (secondary N) is 2. The number of rotatable bonds is 8. The van der Waals surface area contributed by atoms with E-state index in [4.69, 9.17) is 0 Å². The molecule has 0 aliphatic rings. The Bertz CT molecular complexity index is 1430. The fourth-order valence-corrected chi connectivity index (χ4v) is 4.70. The normalized spacial score (nSPS) is 11.8. The zero-order valence-electron chi connectivity index (χ0n) is 20.7. The lowest BCUT2D eigenvalue weighted by molar-refractivity contribution is -0.120. The Labute approximate surface area is 212 Å². The molecule has 0 fully saturated rings. The van der Waals surface area contributed by atoms with Crippen LogP contribution in [0.5, 0.6) is 0 Å². The number of aromatic amines is 1. The Morgan fingerprint density at radius 1 is 0.806 bits per heavy atom. The van der Waals surface area contributed by atoms with E-state index in [2.05, 4.69) is 88.1 Å². The summed E-state index contributed by atoms with van der Waals surface area (Å²) in [7, 11) is 4.08. The van der Waals surface area contributed by atoms with Crippen molar-refractivity contribution in [3.05, 3.63) is 126 Å². The molecule has 5 aromatic rings. The van der Waals surface area contributed by atoms with Crippen LogP contribution in [0.4, 0.5) is 5.69 Å². The van der Waals surface area contributed by atoms with Crippen molar-refractivity contribution in [2.75, 3.05) is 25.5 Å². The van der Waals surface area contributed by atoms with E-state index in [1.54, 1.807) is 0 Å². The molecule has 4 nitrogen and oxygen atoms in total. The number of carbonyl (C=O) groups excluding carboxylic acids is 1. The highest BCUT2D eigenvalue weighted by molar-refractivity contribution is 5.84. The zero-order chi connectivity index (χ0) is 24.9. The smallest absolute Gasteiger partial charge is 0.224 e. The molecule has 4 heteroatoms. The van der Waals surface area contributed by atoms with Crippen LogP contribution in [0, 0.1) is 0 Å². The fourth-order valence-electron chi connectivity index (χ4n) is 4.70. The van der Waals surface area contributed by atoms with Crippen LogP contribution in [0.3, 0.4) is 0 Å². The molecule has 4 aromatic carbocycles. The van der Waals surface area contributed by atoms with E-state index in [-0.39, 0.29) is 11.8 Å². The van der Waals surface area contributed by atoms with Crippen molar-refractivity contribution >= 4 is 22.5 Å². The summed E-state index contributed by atoms with van der Waals surface area (Å²) >= 11 is 0. The molecule has 0 spiro atoms. The average Bonchev–Trinajstić information content (AvgIpc) is 3.34. The molecule has 0 unspecified atom stereocenters. The molecule has 2 N–H and O–H groups in total. The maximum atomic E-state index is 13.0. The van der Waals surface area contributed by atoms with Gasteiger partial charge in [0.25, 0.3) is 0 Å². The molecule has 5 rings (SSSR count). The number of amides is 1. The molecule has 0 aliphatic carbocycles. The van der Waals surface area contributed by atoms with Gasteiger partial charge in [-0.25, -0.2) is 0 Å². The standard InChI is InChI=1S/C32H31N3O/c1-35(2)27-18-16-26(17-19-27)29(30-22-33-31-11-7-6-10-28(30)31)21-34-32(36)20-23-12-14-25(15-13-23)24-8-4-3-5-9-24/h3-19,22,29,33H,20-21H2,1-2H3,(H,34,36)/t29-/m0/s1. The Morgan fingerprint density at radius 2 is 1.47 bits per heavy atom.